The first-order valence-corrected chi connectivity index (χ1v) is 11.1. The molecule has 0 radical (unpaired) electrons. The second-order valence-corrected chi connectivity index (χ2v) is 13.0. The lowest BCUT2D eigenvalue weighted by Gasteiger charge is -2.40. The summed E-state index contributed by atoms with van der Waals surface area (Å²) in [4.78, 5) is 22.7. The third kappa shape index (κ3) is 4.98. The summed E-state index contributed by atoms with van der Waals surface area (Å²) < 4.78 is 6.22. The van der Waals surface area contributed by atoms with Crippen LogP contribution in [0.3, 0.4) is 0 Å². The van der Waals surface area contributed by atoms with Gasteiger partial charge in [0.25, 0.3) is 0 Å². The van der Waals surface area contributed by atoms with Crippen molar-refractivity contribution < 1.29 is 14.1 Å². The Hall–Kier alpha value is -1.53. The van der Waals surface area contributed by atoms with Crippen LogP contribution >= 0.6 is 0 Å². The third-order valence-corrected chi connectivity index (χ3v) is 9.63. The van der Waals surface area contributed by atoms with Gasteiger partial charge < -0.3 is 9.22 Å². The Kier molecular flexibility index (Phi) is 6.47. The topological polar surface area (TPSA) is 69.4 Å². The number of carbonyl (C=O) groups is 1. The fraction of sp³-hybridized carbons (Fsp3) is 0.611. The van der Waals surface area contributed by atoms with E-state index < -0.39 is 19.7 Å². The van der Waals surface area contributed by atoms with E-state index in [-0.39, 0.29) is 23.1 Å². The van der Waals surface area contributed by atoms with Crippen molar-refractivity contribution in [2.24, 2.45) is 5.41 Å². The van der Waals surface area contributed by atoms with Gasteiger partial charge in [-0.05, 0) is 30.6 Å². The quantitative estimate of drug-likeness (QED) is 0.303. The number of hydrogen-bond acceptors (Lipinski definition) is 4. The van der Waals surface area contributed by atoms with E-state index in [0.717, 1.165) is 11.8 Å². The highest BCUT2D eigenvalue weighted by atomic mass is 28.4. The number of nitro groups is 1. The highest BCUT2D eigenvalue weighted by Gasteiger charge is 2.43. The Bertz CT molecular complexity index is 568. The molecule has 1 rings (SSSR count). The van der Waals surface area contributed by atoms with Crippen LogP contribution in [0, 0.1) is 15.5 Å². The Morgan fingerprint density at radius 2 is 1.75 bits per heavy atom. The second-order valence-electron chi connectivity index (χ2n) is 8.15. The first kappa shape index (κ1) is 20.5. The van der Waals surface area contributed by atoms with Crippen LogP contribution in [0.2, 0.25) is 18.1 Å². The molecule has 0 aliphatic heterocycles. The van der Waals surface area contributed by atoms with Gasteiger partial charge in [-0.1, -0.05) is 51.1 Å². The summed E-state index contributed by atoms with van der Waals surface area (Å²) in [6.07, 6.45) is 0.821. The molecule has 0 fully saturated rings. The zero-order valence-electron chi connectivity index (χ0n) is 15.5. The van der Waals surface area contributed by atoms with Crippen LogP contribution in [0.4, 0.5) is 0 Å². The first-order valence-electron chi connectivity index (χ1n) is 8.20. The van der Waals surface area contributed by atoms with Crippen LogP contribution < -0.4 is 0 Å². The molecule has 0 aliphatic carbocycles. The number of nitrogens with zero attached hydrogens (tertiary/aromatic N) is 1. The van der Waals surface area contributed by atoms with Crippen LogP contribution in [-0.4, -0.2) is 32.7 Å². The molecule has 5 nitrogen and oxygen atoms in total. The predicted molar refractivity (Wildman–Crippen MR) is 98.4 cm³/mol. The number of aldehydes is 1. The smallest absolute Gasteiger partial charge is 0.211 e. The van der Waals surface area contributed by atoms with E-state index in [4.69, 9.17) is 4.43 Å². The average Bonchev–Trinajstić information content (AvgIpc) is 2.50. The minimum atomic E-state index is -2.05. The number of carbonyl (C=O) groups excluding carboxylic acids is 1. The molecular weight excluding hydrogens is 322 g/mol. The lowest BCUT2D eigenvalue weighted by molar-refractivity contribution is -0.485. The fourth-order valence-corrected chi connectivity index (χ4v) is 3.40. The molecule has 0 heterocycles. The standard InChI is InChI=1S/C18H29NO4Si/c1-17(2,3)24(5,6)23-14-18(4,13-20)16(12-19(21)22)15-10-8-7-9-11-15/h7-11,13,16H,12,14H2,1-6H3/t16-,18-/m1/s1. The third-order valence-electron chi connectivity index (χ3n) is 5.15. The maximum Gasteiger partial charge on any atom is 0.211 e. The second kappa shape index (κ2) is 7.57. The summed E-state index contributed by atoms with van der Waals surface area (Å²) in [6, 6.07) is 9.20. The molecule has 0 saturated heterocycles. The van der Waals surface area contributed by atoms with E-state index in [9.17, 15) is 14.9 Å². The summed E-state index contributed by atoms with van der Waals surface area (Å²) in [5, 5.41) is 11.2. The lowest BCUT2D eigenvalue weighted by Crippen LogP contribution is -2.46. The predicted octanol–water partition coefficient (Wildman–Crippen LogP) is 4.27. The maximum atomic E-state index is 11.9. The van der Waals surface area contributed by atoms with Gasteiger partial charge in [-0.15, -0.1) is 0 Å². The molecule has 0 aliphatic rings. The van der Waals surface area contributed by atoms with Gasteiger partial charge in [0, 0.05) is 11.5 Å². The largest absolute Gasteiger partial charge is 0.416 e. The van der Waals surface area contributed by atoms with Crippen LogP contribution in [0.25, 0.3) is 0 Å². The number of benzene rings is 1. The van der Waals surface area contributed by atoms with Gasteiger partial charge in [0.2, 0.25) is 6.54 Å². The van der Waals surface area contributed by atoms with Crippen molar-refractivity contribution in [1.29, 1.82) is 0 Å². The molecule has 0 saturated carbocycles. The summed E-state index contributed by atoms with van der Waals surface area (Å²) in [5.74, 6) is -0.518. The molecule has 134 valence electrons. The summed E-state index contributed by atoms with van der Waals surface area (Å²) >= 11 is 0. The molecular formula is C18H29NO4Si. The highest BCUT2D eigenvalue weighted by molar-refractivity contribution is 6.74. The average molecular weight is 352 g/mol. The van der Waals surface area contributed by atoms with Crippen molar-refractivity contribution in [3.05, 3.63) is 46.0 Å². The molecule has 0 N–H and O–H groups in total. The summed E-state index contributed by atoms with van der Waals surface area (Å²) in [5.41, 5.74) is -0.146. The van der Waals surface area contributed by atoms with Crippen LogP contribution in [0.5, 0.6) is 0 Å². The monoisotopic (exact) mass is 351 g/mol. The van der Waals surface area contributed by atoms with Crippen molar-refractivity contribution in [3.8, 4) is 0 Å². The Balaban J connectivity index is 3.11. The first-order chi connectivity index (χ1) is 10.9. The molecule has 0 spiro atoms. The van der Waals surface area contributed by atoms with Crippen molar-refractivity contribution in [3.63, 3.8) is 0 Å². The van der Waals surface area contributed by atoms with E-state index in [1.54, 1.807) is 6.92 Å². The van der Waals surface area contributed by atoms with Gasteiger partial charge in [-0.3, -0.25) is 10.1 Å². The van der Waals surface area contributed by atoms with Gasteiger partial charge in [0.05, 0.1) is 11.3 Å². The lowest BCUT2D eigenvalue weighted by atomic mass is 9.75. The molecule has 0 bridgehead atoms. The van der Waals surface area contributed by atoms with E-state index in [0.29, 0.717) is 0 Å². The van der Waals surface area contributed by atoms with E-state index >= 15 is 0 Å². The van der Waals surface area contributed by atoms with Crippen LogP contribution in [-0.2, 0) is 9.22 Å². The van der Waals surface area contributed by atoms with Crippen molar-refractivity contribution >= 4 is 14.6 Å². The Morgan fingerprint density at radius 3 is 2.17 bits per heavy atom. The molecule has 2 atom stereocenters. The van der Waals surface area contributed by atoms with Gasteiger partial charge in [0.15, 0.2) is 8.32 Å². The van der Waals surface area contributed by atoms with Gasteiger partial charge in [-0.25, -0.2) is 0 Å². The molecule has 0 aromatic heterocycles. The Morgan fingerprint density at radius 1 is 1.21 bits per heavy atom. The molecule has 0 unspecified atom stereocenters. The van der Waals surface area contributed by atoms with E-state index in [2.05, 4.69) is 33.9 Å². The highest BCUT2D eigenvalue weighted by Crippen LogP contribution is 2.40. The van der Waals surface area contributed by atoms with E-state index in [1.165, 1.54) is 0 Å². The molecule has 1 aromatic carbocycles. The molecule has 1 aromatic rings. The molecule has 24 heavy (non-hydrogen) atoms. The fourth-order valence-electron chi connectivity index (χ4n) is 2.30. The van der Waals surface area contributed by atoms with E-state index in [1.807, 2.05) is 30.3 Å². The van der Waals surface area contributed by atoms with Crippen molar-refractivity contribution in [2.75, 3.05) is 13.2 Å². The van der Waals surface area contributed by atoms with Crippen LogP contribution in [0.1, 0.15) is 39.2 Å². The number of hydrogen-bond donors (Lipinski definition) is 0. The minimum Gasteiger partial charge on any atom is -0.416 e. The normalized spacial score (nSPS) is 16.2. The van der Waals surface area contributed by atoms with Crippen molar-refractivity contribution in [1.82, 2.24) is 0 Å². The minimum absolute atomic E-state index is 0.0160. The zero-order valence-corrected chi connectivity index (χ0v) is 16.5. The summed E-state index contributed by atoms with van der Waals surface area (Å²) in [7, 11) is -2.05. The van der Waals surface area contributed by atoms with Gasteiger partial charge >= 0.3 is 0 Å². The van der Waals surface area contributed by atoms with Crippen LogP contribution in [0.15, 0.2) is 30.3 Å². The molecule has 6 heteroatoms. The SMILES string of the molecule is CC(C)(C)[Si](C)(C)OC[C@@](C)(C=O)[C@H](C[N+](=O)[O-])c1ccccc1. The van der Waals surface area contributed by atoms with Gasteiger partial charge in [0.1, 0.15) is 6.29 Å². The number of rotatable bonds is 8. The molecule has 0 amide bonds. The maximum absolute atomic E-state index is 11.9. The Labute approximate surface area is 145 Å². The van der Waals surface area contributed by atoms with Crippen molar-refractivity contribution in [2.45, 2.75) is 51.7 Å². The van der Waals surface area contributed by atoms with Gasteiger partial charge in [-0.2, -0.15) is 0 Å². The summed E-state index contributed by atoms with van der Waals surface area (Å²) in [6.45, 7) is 12.3. The zero-order chi connectivity index (χ0) is 18.6.